The van der Waals surface area contributed by atoms with Crippen molar-refractivity contribution in [2.24, 2.45) is 28.6 Å². The number of likely N-dealkylation sites (tertiary alicyclic amines) is 1. The van der Waals surface area contributed by atoms with Gasteiger partial charge in [0.15, 0.2) is 0 Å². The SMILES string of the molecule is C[C@H](NC(=O)[C@@H]1[C@@H]2[C@H](CN1C(=O)[C@@H](NC(=O)[C@@H](NC(=O)c1cnccn1)C1CCCCC1)C(C)(C)C)C2(C)C)C(=O)C(=O)NC1CC1. The molecule has 13 heteroatoms. The van der Waals surface area contributed by atoms with Crippen molar-refractivity contribution in [2.45, 2.75) is 117 Å². The molecular weight excluding hydrogens is 602 g/mol. The van der Waals surface area contributed by atoms with Crippen molar-refractivity contribution in [3.8, 4) is 0 Å². The summed E-state index contributed by atoms with van der Waals surface area (Å²) >= 11 is 0. The fraction of sp³-hybridized carbons (Fsp3) is 0.706. The summed E-state index contributed by atoms with van der Waals surface area (Å²) in [6, 6.07) is -3.81. The maximum Gasteiger partial charge on any atom is 0.289 e. The first-order valence-corrected chi connectivity index (χ1v) is 16.9. The standard InChI is InChI=1S/C34H49N7O6/c1-18(26(42)31(46)38-20-12-13-20)37-30(45)25-23-21(34(23,5)6)17-41(25)32(47)27(33(2,3)4)40-29(44)24(19-10-8-7-9-11-19)39-28(43)22-16-35-14-15-36-22/h14-16,18-21,23-25,27H,7-13,17H2,1-6H3,(H,37,45)(H,38,46)(H,39,43)(H,40,44)/t18-,21-,23-,24-,25-,27+/m0/s1. The van der Waals surface area contributed by atoms with Crippen LogP contribution in [-0.4, -0.2) is 86.9 Å². The van der Waals surface area contributed by atoms with E-state index in [1.54, 1.807) is 0 Å². The minimum atomic E-state index is -1.06. The number of carbonyl (C=O) groups is 6. The van der Waals surface area contributed by atoms with Gasteiger partial charge in [0.2, 0.25) is 23.5 Å². The topological polar surface area (TPSA) is 180 Å². The van der Waals surface area contributed by atoms with Crippen LogP contribution in [0.25, 0.3) is 0 Å². The highest BCUT2D eigenvalue weighted by atomic mass is 16.2. The maximum absolute atomic E-state index is 14.4. The monoisotopic (exact) mass is 651 g/mol. The summed E-state index contributed by atoms with van der Waals surface area (Å²) in [6.45, 7) is 11.5. The molecule has 3 saturated carbocycles. The van der Waals surface area contributed by atoms with Gasteiger partial charge in [-0.15, -0.1) is 0 Å². The zero-order valence-corrected chi connectivity index (χ0v) is 28.3. The smallest absolute Gasteiger partial charge is 0.289 e. The van der Waals surface area contributed by atoms with E-state index >= 15 is 0 Å². The molecule has 13 nitrogen and oxygen atoms in total. The summed E-state index contributed by atoms with van der Waals surface area (Å²) in [4.78, 5) is 90.0. The Hall–Kier alpha value is -3.90. The van der Waals surface area contributed by atoms with Gasteiger partial charge in [-0.25, -0.2) is 4.98 Å². The van der Waals surface area contributed by atoms with E-state index in [0.29, 0.717) is 6.54 Å². The average Bonchev–Trinajstić information content (AvgIpc) is 3.89. The van der Waals surface area contributed by atoms with E-state index in [4.69, 9.17) is 0 Å². The normalized spacial score (nSPS) is 25.4. The van der Waals surface area contributed by atoms with Crippen LogP contribution in [0.5, 0.6) is 0 Å². The van der Waals surface area contributed by atoms with Crippen molar-refractivity contribution in [1.29, 1.82) is 0 Å². The van der Waals surface area contributed by atoms with Gasteiger partial charge >= 0.3 is 0 Å². The first-order chi connectivity index (χ1) is 22.1. The zero-order chi connectivity index (χ0) is 34.3. The molecule has 47 heavy (non-hydrogen) atoms. The van der Waals surface area contributed by atoms with Crippen molar-refractivity contribution in [2.75, 3.05) is 6.54 Å². The molecule has 1 aliphatic heterocycles. The first kappa shape index (κ1) is 34.4. The lowest BCUT2D eigenvalue weighted by Gasteiger charge is -2.39. The second-order valence-electron chi connectivity index (χ2n) is 15.5. The van der Waals surface area contributed by atoms with Crippen LogP contribution in [0.1, 0.15) is 97.0 Å². The quantitative estimate of drug-likeness (QED) is 0.260. The van der Waals surface area contributed by atoms with Crippen LogP contribution in [0, 0.1) is 28.6 Å². The van der Waals surface area contributed by atoms with Crippen LogP contribution in [0.2, 0.25) is 0 Å². The highest BCUT2D eigenvalue weighted by Crippen LogP contribution is 2.65. The molecule has 1 saturated heterocycles. The van der Waals surface area contributed by atoms with Gasteiger partial charge in [0.05, 0.1) is 12.2 Å². The lowest BCUT2D eigenvalue weighted by Crippen LogP contribution is -2.62. The van der Waals surface area contributed by atoms with Gasteiger partial charge in [-0.1, -0.05) is 53.9 Å². The van der Waals surface area contributed by atoms with E-state index in [9.17, 15) is 28.8 Å². The summed E-state index contributed by atoms with van der Waals surface area (Å²) in [7, 11) is 0. The molecule has 0 unspecified atom stereocenters. The van der Waals surface area contributed by atoms with Crippen molar-refractivity contribution in [1.82, 2.24) is 36.1 Å². The van der Waals surface area contributed by atoms with Gasteiger partial charge < -0.3 is 26.2 Å². The molecule has 0 bridgehead atoms. The van der Waals surface area contributed by atoms with Gasteiger partial charge in [0.25, 0.3) is 11.8 Å². The number of piperidine rings is 1. The molecule has 4 N–H and O–H groups in total. The number of nitrogens with zero attached hydrogens (tertiary/aromatic N) is 3. The third kappa shape index (κ3) is 7.49. The molecule has 5 rings (SSSR count). The Bertz CT molecular complexity index is 1400. The predicted octanol–water partition coefficient (Wildman–Crippen LogP) is 1.52. The summed E-state index contributed by atoms with van der Waals surface area (Å²) < 4.78 is 0. The van der Waals surface area contributed by atoms with Crippen LogP contribution < -0.4 is 21.3 Å². The molecule has 0 aromatic carbocycles. The summed E-state index contributed by atoms with van der Waals surface area (Å²) in [5.41, 5.74) is -0.839. The van der Waals surface area contributed by atoms with Gasteiger partial charge in [0, 0.05) is 25.0 Å². The second-order valence-corrected chi connectivity index (χ2v) is 15.5. The van der Waals surface area contributed by atoms with Gasteiger partial charge in [-0.2, -0.15) is 0 Å². The molecule has 2 heterocycles. The zero-order valence-electron chi connectivity index (χ0n) is 28.3. The average molecular weight is 652 g/mol. The molecule has 1 aromatic heterocycles. The highest BCUT2D eigenvalue weighted by Gasteiger charge is 2.70. The third-order valence-corrected chi connectivity index (χ3v) is 10.5. The highest BCUT2D eigenvalue weighted by molar-refractivity contribution is 6.38. The number of aromatic nitrogens is 2. The van der Waals surface area contributed by atoms with Crippen LogP contribution in [0.15, 0.2) is 18.6 Å². The van der Waals surface area contributed by atoms with Crippen LogP contribution >= 0.6 is 0 Å². The molecule has 0 radical (unpaired) electrons. The number of amides is 5. The maximum atomic E-state index is 14.4. The number of fused-ring (bicyclic) bond motifs is 1. The van der Waals surface area contributed by atoms with Gasteiger partial charge in [-0.3, -0.25) is 33.8 Å². The third-order valence-electron chi connectivity index (χ3n) is 10.5. The minimum absolute atomic E-state index is 0.00732. The molecule has 4 fully saturated rings. The van der Waals surface area contributed by atoms with E-state index in [0.717, 1.165) is 44.9 Å². The summed E-state index contributed by atoms with van der Waals surface area (Å²) in [5.74, 6) is -3.51. The molecule has 4 aliphatic rings. The van der Waals surface area contributed by atoms with Crippen LogP contribution in [-0.2, 0) is 24.0 Å². The molecular formula is C34H49N7O6. The Morgan fingerprint density at radius 1 is 0.936 bits per heavy atom. The van der Waals surface area contributed by atoms with Crippen LogP contribution in [0.3, 0.4) is 0 Å². The number of hydrogen-bond donors (Lipinski definition) is 4. The Kier molecular flexibility index (Phi) is 9.75. The molecule has 3 aliphatic carbocycles. The number of rotatable bonds is 11. The van der Waals surface area contributed by atoms with Crippen molar-refractivity contribution < 1.29 is 28.8 Å². The van der Waals surface area contributed by atoms with E-state index in [2.05, 4.69) is 45.1 Å². The number of hydrogen-bond acceptors (Lipinski definition) is 8. The minimum Gasteiger partial charge on any atom is -0.347 e. The molecule has 256 valence electrons. The molecule has 1 aromatic rings. The Labute approximate surface area is 276 Å². The fourth-order valence-corrected chi connectivity index (χ4v) is 7.40. The Balaban J connectivity index is 1.33. The molecule has 5 amide bonds. The Morgan fingerprint density at radius 2 is 1.62 bits per heavy atom. The first-order valence-electron chi connectivity index (χ1n) is 16.9. The number of carbonyl (C=O) groups excluding carboxylic acids is 6. The largest absolute Gasteiger partial charge is 0.347 e. The molecule has 0 spiro atoms. The van der Waals surface area contributed by atoms with Crippen molar-refractivity contribution in [3.63, 3.8) is 0 Å². The Morgan fingerprint density at radius 3 is 2.21 bits per heavy atom. The van der Waals surface area contributed by atoms with E-state index in [-0.39, 0.29) is 34.9 Å². The summed E-state index contributed by atoms with van der Waals surface area (Å²) in [6.07, 6.45) is 10.3. The second kappa shape index (κ2) is 13.3. The molecule has 6 atom stereocenters. The number of nitrogens with one attached hydrogen (secondary N) is 4. The predicted molar refractivity (Wildman–Crippen MR) is 171 cm³/mol. The van der Waals surface area contributed by atoms with Gasteiger partial charge in [-0.05, 0) is 61.2 Å². The van der Waals surface area contributed by atoms with E-state index in [1.807, 2.05) is 20.8 Å². The lowest BCUT2D eigenvalue weighted by molar-refractivity contribution is -0.146. The summed E-state index contributed by atoms with van der Waals surface area (Å²) in [5, 5.41) is 11.2. The number of Topliss-reactive ketones (excluding diaryl/α,β-unsaturated/α-hetero) is 1. The van der Waals surface area contributed by atoms with Crippen molar-refractivity contribution >= 4 is 35.3 Å². The number of ketones is 1. The van der Waals surface area contributed by atoms with Crippen molar-refractivity contribution in [3.05, 3.63) is 24.3 Å². The fourth-order valence-electron chi connectivity index (χ4n) is 7.40. The van der Waals surface area contributed by atoms with E-state index in [1.165, 1.54) is 30.4 Å². The lowest BCUT2D eigenvalue weighted by atomic mass is 9.82. The van der Waals surface area contributed by atoms with Crippen LogP contribution in [0.4, 0.5) is 0 Å². The van der Waals surface area contributed by atoms with Gasteiger partial charge in [0.1, 0.15) is 23.8 Å². The van der Waals surface area contributed by atoms with E-state index < -0.39 is 64.9 Å².